The van der Waals surface area contributed by atoms with Crippen LogP contribution in [0.2, 0.25) is 0 Å². The van der Waals surface area contributed by atoms with Gasteiger partial charge in [-0.05, 0) is 98.7 Å². The minimum Gasteiger partial charge on any atom is -0.508 e. The van der Waals surface area contributed by atoms with Gasteiger partial charge in [0.2, 0.25) is 10.0 Å². The second-order valence-electron chi connectivity index (χ2n) is 8.97. The predicted octanol–water partition coefficient (Wildman–Crippen LogP) is 3.76. The molecule has 2 aliphatic rings. The molecule has 2 aromatic rings. The van der Waals surface area contributed by atoms with Crippen molar-refractivity contribution < 1.29 is 17.9 Å². The largest absolute Gasteiger partial charge is 0.508 e. The van der Waals surface area contributed by atoms with Crippen LogP contribution >= 0.6 is 0 Å². The number of hydrogen-bond donors (Lipinski definition) is 3. The number of sulfonamides is 1. The molecule has 0 heterocycles. The van der Waals surface area contributed by atoms with E-state index in [1.807, 2.05) is 12.1 Å². The molecule has 7 heteroatoms. The SMILES string of the molecule is O=S(=O)(NCC1CCC(CNC2CCc3cc(O)ccc3C2)CC1)c1ccccc1F. The maximum atomic E-state index is 13.8. The maximum Gasteiger partial charge on any atom is 0.243 e. The lowest BCUT2D eigenvalue weighted by Gasteiger charge is -2.31. The number of fused-ring (bicyclic) bond motifs is 1. The zero-order valence-corrected chi connectivity index (χ0v) is 18.5. The molecular weight excluding hydrogens is 415 g/mol. The van der Waals surface area contributed by atoms with Crippen molar-refractivity contribution in [2.75, 3.05) is 13.1 Å². The maximum absolute atomic E-state index is 13.8. The van der Waals surface area contributed by atoms with Gasteiger partial charge in [-0.1, -0.05) is 18.2 Å². The van der Waals surface area contributed by atoms with Crippen LogP contribution in [-0.2, 0) is 22.9 Å². The van der Waals surface area contributed by atoms with Crippen molar-refractivity contribution in [3.63, 3.8) is 0 Å². The van der Waals surface area contributed by atoms with Gasteiger partial charge in [0, 0.05) is 12.6 Å². The summed E-state index contributed by atoms with van der Waals surface area (Å²) in [6.07, 6.45) is 7.22. The number of benzene rings is 2. The van der Waals surface area contributed by atoms with Crippen LogP contribution in [0.15, 0.2) is 47.4 Å². The smallest absolute Gasteiger partial charge is 0.243 e. The standard InChI is InChI=1S/C24H31FN2O3S/c25-23-3-1-2-4-24(23)31(29,30)27-16-18-7-5-17(6-8-18)15-26-21-11-9-20-14-22(28)12-10-19(20)13-21/h1-4,10,12,14,17-18,21,26-28H,5-9,11,13,15-16H2. The van der Waals surface area contributed by atoms with Gasteiger partial charge in [-0.25, -0.2) is 17.5 Å². The van der Waals surface area contributed by atoms with Gasteiger partial charge in [-0.15, -0.1) is 0 Å². The lowest BCUT2D eigenvalue weighted by atomic mass is 9.81. The van der Waals surface area contributed by atoms with E-state index in [4.69, 9.17) is 0 Å². The summed E-state index contributed by atoms with van der Waals surface area (Å²) >= 11 is 0. The zero-order valence-electron chi connectivity index (χ0n) is 17.7. The van der Waals surface area contributed by atoms with Crippen molar-refractivity contribution in [2.24, 2.45) is 11.8 Å². The summed E-state index contributed by atoms with van der Waals surface area (Å²) in [5, 5.41) is 13.4. The summed E-state index contributed by atoms with van der Waals surface area (Å²) in [7, 11) is -3.81. The van der Waals surface area contributed by atoms with Gasteiger partial charge in [0.15, 0.2) is 0 Å². The Bertz CT molecular complexity index is 1000. The third-order valence-electron chi connectivity index (χ3n) is 6.77. The van der Waals surface area contributed by atoms with Crippen LogP contribution in [0, 0.1) is 17.7 Å². The monoisotopic (exact) mass is 446 g/mol. The molecule has 4 rings (SSSR count). The molecule has 5 nitrogen and oxygen atoms in total. The Morgan fingerprint density at radius 3 is 2.39 bits per heavy atom. The Kier molecular flexibility index (Phi) is 6.94. The van der Waals surface area contributed by atoms with Crippen LogP contribution in [0.25, 0.3) is 0 Å². The quantitative estimate of drug-likeness (QED) is 0.605. The van der Waals surface area contributed by atoms with Crippen molar-refractivity contribution in [1.82, 2.24) is 10.0 Å². The summed E-state index contributed by atoms with van der Waals surface area (Å²) in [6.45, 7) is 1.36. The molecule has 0 bridgehead atoms. The second kappa shape index (κ2) is 9.67. The molecule has 0 aromatic heterocycles. The number of rotatable bonds is 7. The first-order valence-corrected chi connectivity index (χ1v) is 12.7. The third-order valence-corrected chi connectivity index (χ3v) is 8.22. The van der Waals surface area contributed by atoms with E-state index in [0.717, 1.165) is 51.5 Å². The average Bonchev–Trinajstić information content (AvgIpc) is 2.77. The van der Waals surface area contributed by atoms with E-state index in [1.165, 1.54) is 35.4 Å². The van der Waals surface area contributed by atoms with Crippen molar-refractivity contribution in [1.29, 1.82) is 0 Å². The van der Waals surface area contributed by atoms with E-state index in [1.54, 1.807) is 6.07 Å². The van der Waals surface area contributed by atoms with E-state index < -0.39 is 15.8 Å². The minimum absolute atomic E-state index is 0.280. The van der Waals surface area contributed by atoms with Gasteiger partial charge in [0.05, 0.1) is 0 Å². The fourth-order valence-corrected chi connectivity index (χ4v) is 6.05. The third kappa shape index (κ3) is 5.64. The summed E-state index contributed by atoms with van der Waals surface area (Å²) < 4.78 is 41.1. The van der Waals surface area contributed by atoms with Gasteiger partial charge in [-0.2, -0.15) is 0 Å². The molecule has 1 atom stereocenters. The minimum atomic E-state index is -3.81. The normalized spacial score (nSPS) is 24.0. The summed E-state index contributed by atoms with van der Waals surface area (Å²) in [5.74, 6) is 0.540. The van der Waals surface area contributed by atoms with Crippen molar-refractivity contribution in [3.05, 3.63) is 59.4 Å². The number of phenols is 1. The number of phenolic OH excluding ortho intramolecular Hbond substituents is 1. The zero-order chi connectivity index (χ0) is 21.8. The van der Waals surface area contributed by atoms with Crippen molar-refractivity contribution >= 4 is 10.0 Å². The van der Waals surface area contributed by atoms with Crippen LogP contribution in [0.3, 0.4) is 0 Å². The molecule has 2 aromatic carbocycles. The molecule has 1 saturated carbocycles. The Balaban J connectivity index is 1.19. The van der Waals surface area contributed by atoms with Crippen LogP contribution < -0.4 is 10.0 Å². The Morgan fingerprint density at radius 1 is 0.935 bits per heavy atom. The summed E-state index contributed by atoms with van der Waals surface area (Å²) in [4.78, 5) is -0.280. The molecule has 0 saturated heterocycles. The second-order valence-corrected chi connectivity index (χ2v) is 10.7. The van der Waals surface area contributed by atoms with Gasteiger partial charge < -0.3 is 10.4 Å². The van der Waals surface area contributed by atoms with Crippen LogP contribution in [0.4, 0.5) is 4.39 Å². The average molecular weight is 447 g/mol. The van der Waals surface area contributed by atoms with Gasteiger partial charge in [0.1, 0.15) is 16.5 Å². The van der Waals surface area contributed by atoms with E-state index in [2.05, 4.69) is 10.0 Å². The van der Waals surface area contributed by atoms with E-state index in [-0.39, 0.29) is 4.90 Å². The number of hydrogen-bond acceptors (Lipinski definition) is 4. The molecular formula is C24H31FN2O3S. The Morgan fingerprint density at radius 2 is 1.65 bits per heavy atom. The first kappa shape index (κ1) is 22.2. The summed E-state index contributed by atoms with van der Waals surface area (Å²) in [6, 6.07) is 11.6. The first-order chi connectivity index (χ1) is 14.9. The predicted molar refractivity (Wildman–Crippen MR) is 119 cm³/mol. The molecule has 31 heavy (non-hydrogen) atoms. The lowest BCUT2D eigenvalue weighted by Crippen LogP contribution is -2.39. The van der Waals surface area contributed by atoms with E-state index >= 15 is 0 Å². The topological polar surface area (TPSA) is 78.4 Å². The number of halogens is 1. The van der Waals surface area contributed by atoms with E-state index in [0.29, 0.717) is 30.2 Å². The molecule has 1 unspecified atom stereocenters. The highest BCUT2D eigenvalue weighted by Crippen LogP contribution is 2.29. The first-order valence-electron chi connectivity index (χ1n) is 11.2. The van der Waals surface area contributed by atoms with Crippen LogP contribution in [-0.4, -0.2) is 32.7 Å². The van der Waals surface area contributed by atoms with Crippen LogP contribution in [0.5, 0.6) is 5.75 Å². The van der Waals surface area contributed by atoms with Crippen LogP contribution in [0.1, 0.15) is 43.2 Å². The molecule has 168 valence electrons. The number of nitrogens with one attached hydrogen (secondary N) is 2. The highest BCUT2D eigenvalue weighted by atomic mass is 32.2. The highest BCUT2D eigenvalue weighted by Gasteiger charge is 2.25. The molecule has 0 amide bonds. The highest BCUT2D eigenvalue weighted by molar-refractivity contribution is 7.89. The molecule has 2 aliphatic carbocycles. The van der Waals surface area contributed by atoms with Gasteiger partial charge in [-0.3, -0.25) is 0 Å². The van der Waals surface area contributed by atoms with Gasteiger partial charge in [0.25, 0.3) is 0 Å². The fourth-order valence-electron chi connectivity index (χ4n) is 4.86. The van der Waals surface area contributed by atoms with Gasteiger partial charge >= 0.3 is 0 Å². The number of aryl methyl sites for hydroxylation is 1. The number of aromatic hydroxyl groups is 1. The summed E-state index contributed by atoms with van der Waals surface area (Å²) in [5.41, 5.74) is 2.59. The molecule has 1 fully saturated rings. The van der Waals surface area contributed by atoms with E-state index in [9.17, 15) is 17.9 Å². The molecule has 0 aliphatic heterocycles. The van der Waals surface area contributed by atoms with Crippen molar-refractivity contribution in [3.8, 4) is 5.75 Å². The lowest BCUT2D eigenvalue weighted by molar-refractivity contribution is 0.258. The molecule has 0 spiro atoms. The Labute approximate surface area is 184 Å². The molecule has 0 radical (unpaired) electrons. The van der Waals surface area contributed by atoms with Crippen molar-refractivity contribution in [2.45, 2.75) is 55.9 Å². The fraction of sp³-hybridized carbons (Fsp3) is 0.500. The Hall–Kier alpha value is -1.96. The molecule has 3 N–H and O–H groups in total.